The molecule has 0 bridgehead atoms. The van der Waals surface area contributed by atoms with E-state index < -0.39 is 17.1 Å². The van der Waals surface area contributed by atoms with Crippen LogP contribution in [0.1, 0.15) is 20.8 Å². The molecule has 2 heterocycles. The van der Waals surface area contributed by atoms with Crippen LogP contribution >= 0.6 is 0 Å². The molecule has 2 aliphatic heterocycles. The zero-order valence-corrected chi connectivity index (χ0v) is 12.2. The van der Waals surface area contributed by atoms with Gasteiger partial charge >= 0.3 is 12.1 Å². The van der Waals surface area contributed by atoms with Gasteiger partial charge in [0.25, 0.3) is 0 Å². The third-order valence-electron chi connectivity index (χ3n) is 3.62. The minimum absolute atomic E-state index is 0.217. The Bertz CT molecular complexity index is 392. The number of ether oxygens (including phenoxy) is 2. The van der Waals surface area contributed by atoms with E-state index in [9.17, 15) is 14.7 Å². The summed E-state index contributed by atoms with van der Waals surface area (Å²) in [7, 11) is 0. The van der Waals surface area contributed by atoms with Gasteiger partial charge in [0.2, 0.25) is 0 Å². The predicted octanol–water partition coefficient (Wildman–Crippen LogP) is 0.393. The summed E-state index contributed by atoms with van der Waals surface area (Å²) < 4.78 is 10.4. The maximum atomic E-state index is 11.9. The number of carbonyl (C=O) groups is 2. The molecule has 0 atom stereocenters. The van der Waals surface area contributed by atoms with E-state index in [1.807, 2.05) is 25.7 Å². The van der Waals surface area contributed by atoms with E-state index in [2.05, 4.69) is 0 Å². The third-order valence-corrected chi connectivity index (χ3v) is 3.62. The standard InChI is InChI=1S/C13H22N2O5/c1-12(2,3)20-11(18)14-4-6-15(7-5-14)13(10(16)17)8-19-9-13/h4-9H2,1-3H3,(H,16,17). The maximum absolute atomic E-state index is 11.9. The fraction of sp³-hybridized carbons (Fsp3) is 0.846. The summed E-state index contributed by atoms with van der Waals surface area (Å²) in [6, 6.07) is 0. The SMILES string of the molecule is CC(C)(C)OC(=O)N1CCN(C2(C(=O)O)COC2)CC1. The number of rotatable bonds is 2. The Hall–Kier alpha value is -1.34. The van der Waals surface area contributed by atoms with Gasteiger partial charge in [0, 0.05) is 26.2 Å². The molecular weight excluding hydrogens is 264 g/mol. The van der Waals surface area contributed by atoms with Crippen LogP contribution < -0.4 is 0 Å². The number of amides is 1. The van der Waals surface area contributed by atoms with Crippen molar-refractivity contribution in [2.24, 2.45) is 0 Å². The topological polar surface area (TPSA) is 79.3 Å². The molecule has 0 aromatic carbocycles. The van der Waals surface area contributed by atoms with Crippen LogP contribution in [-0.2, 0) is 14.3 Å². The summed E-state index contributed by atoms with van der Waals surface area (Å²) in [5.41, 5.74) is -1.42. The summed E-state index contributed by atoms with van der Waals surface area (Å²) in [6.07, 6.45) is -0.341. The van der Waals surface area contributed by atoms with Gasteiger partial charge in [-0.15, -0.1) is 0 Å². The summed E-state index contributed by atoms with van der Waals surface area (Å²) in [6.45, 7) is 7.91. The molecule has 2 aliphatic rings. The lowest BCUT2D eigenvalue weighted by molar-refractivity contribution is -0.190. The van der Waals surface area contributed by atoms with E-state index in [1.54, 1.807) is 4.90 Å². The van der Waals surface area contributed by atoms with Crippen molar-refractivity contribution in [3.63, 3.8) is 0 Å². The summed E-state index contributed by atoms with van der Waals surface area (Å²) >= 11 is 0. The van der Waals surface area contributed by atoms with Crippen LogP contribution in [0, 0.1) is 0 Å². The highest BCUT2D eigenvalue weighted by molar-refractivity contribution is 5.80. The van der Waals surface area contributed by atoms with Crippen molar-refractivity contribution in [2.75, 3.05) is 39.4 Å². The first-order valence-electron chi connectivity index (χ1n) is 6.79. The molecule has 0 unspecified atom stereocenters. The number of carbonyl (C=O) groups excluding carboxylic acids is 1. The van der Waals surface area contributed by atoms with E-state index >= 15 is 0 Å². The minimum atomic E-state index is -0.903. The third kappa shape index (κ3) is 2.88. The highest BCUT2D eigenvalue weighted by Crippen LogP contribution is 2.27. The first-order chi connectivity index (χ1) is 9.24. The van der Waals surface area contributed by atoms with Crippen molar-refractivity contribution < 1.29 is 24.2 Å². The molecule has 2 saturated heterocycles. The Labute approximate surface area is 118 Å². The van der Waals surface area contributed by atoms with Crippen LogP contribution in [0.25, 0.3) is 0 Å². The van der Waals surface area contributed by atoms with Gasteiger partial charge in [-0.3, -0.25) is 9.69 Å². The summed E-state index contributed by atoms with van der Waals surface area (Å²) in [5, 5.41) is 9.34. The molecule has 0 aromatic heterocycles. The Morgan fingerprint density at radius 1 is 1.15 bits per heavy atom. The van der Waals surface area contributed by atoms with Crippen LogP contribution in [0.4, 0.5) is 4.79 Å². The molecule has 114 valence electrons. The van der Waals surface area contributed by atoms with Crippen LogP contribution in [-0.4, -0.2) is 77.5 Å². The summed E-state index contributed by atoms with van der Waals surface area (Å²) in [5.74, 6) is -0.852. The number of piperazine rings is 1. The van der Waals surface area contributed by atoms with Crippen molar-refractivity contribution >= 4 is 12.1 Å². The van der Waals surface area contributed by atoms with Crippen molar-refractivity contribution in [1.29, 1.82) is 0 Å². The molecule has 20 heavy (non-hydrogen) atoms. The molecule has 0 aliphatic carbocycles. The van der Waals surface area contributed by atoms with E-state index in [4.69, 9.17) is 9.47 Å². The normalized spacial score (nSPS) is 23.1. The van der Waals surface area contributed by atoms with Gasteiger partial charge in [0.15, 0.2) is 5.54 Å². The zero-order chi connectivity index (χ0) is 15.0. The van der Waals surface area contributed by atoms with E-state index in [0.717, 1.165) is 0 Å². The first kappa shape index (κ1) is 15.1. The second-order valence-corrected chi connectivity index (χ2v) is 6.28. The lowest BCUT2D eigenvalue weighted by Gasteiger charge is -2.49. The average molecular weight is 286 g/mol. The Kier molecular flexibility index (Phi) is 3.93. The van der Waals surface area contributed by atoms with E-state index in [0.29, 0.717) is 26.2 Å². The Morgan fingerprint density at radius 3 is 2.05 bits per heavy atom. The maximum Gasteiger partial charge on any atom is 0.410 e. The average Bonchev–Trinajstić information content (AvgIpc) is 2.25. The van der Waals surface area contributed by atoms with Crippen molar-refractivity contribution in [3.05, 3.63) is 0 Å². The van der Waals surface area contributed by atoms with Crippen molar-refractivity contribution in [3.8, 4) is 0 Å². The van der Waals surface area contributed by atoms with Gasteiger partial charge in [-0.2, -0.15) is 0 Å². The van der Waals surface area contributed by atoms with Gasteiger partial charge < -0.3 is 19.5 Å². The van der Waals surface area contributed by atoms with Gasteiger partial charge in [0.1, 0.15) is 5.60 Å². The quantitative estimate of drug-likeness (QED) is 0.791. The number of carboxylic acids is 1. The molecule has 0 aromatic rings. The fourth-order valence-electron chi connectivity index (χ4n) is 2.38. The van der Waals surface area contributed by atoms with Crippen LogP contribution in [0.15, 0.2) is 0 Å². The lowest BCUT2D eigenvalue weighted by atomic mass is 9.94. The molecule has 2 fully saturated rings. The number of hydrogen-bond donors (Lipinski definition) is 1. The zero-order valence-electron chi connectivity index (χ0n) is 12.2. The molecular formula is C13H22N2O5. The molecule has 1 N–H and O–H groups in total. The smallest absolute Gasteiger partial charge is 0.410 e. The minimum Gasteiger partial charge on any atom is -0.480 e. The number of carboxylic acid groups (broad SMARTS) is 1. The molecule has 7 nitrogen and oxygen atoms in total. The van der Waals surface area contributed by atoms with Crippen molar-refractivity contribution in [2.45, 2.75) is 31.9 Å². The van der Waals surface area contributed by atoms with Gasteiger partial charge in [-0.25, -0.2) is 4.79 Å². The predicted molar refractivity (Wildman–Crippen MR) is 70.6 cm³/mol. The van der Waals surface area contributed by atoms with E-state index in [1.165, 1.54) is 0 Å². The number of nitrogens with zero attached hydrogens (tertiary/aromatic N) is 2. The van der Waals surface area contributed by atoms with Gasteiger partial charge in [-0.05, 0) is 20.8 Å². The van der Waals surface area contributed by atoms with Gasteiger partial charge in [0.05, 0.1) is 13.2 Å². The highest BCUT2D eigenvalue weighted by atomic mass is 16.6. The largest absolute Gasteiger partial charge is 0.480 e. The molecule has 7 heteroatoms. The van der Waals surface area contributed by atoms with E-state index in [-0.39, 0.29) is 19.3 Å². The molecule has 0 saturated carbocycles. The van der Waals surface area contributed by atoms with Crippen LogP contribution in [0.5, 0.6) is 0 Å². The summed E-state index contributed by atoms with van der Waals surface area (Å²) in [4.78, 5) is 26.8. The van der Waals surface area contributed by atoms with Crippen LogP contribution in [0.2, 0.25) is 0 Å². The molecule has 0 radical (unpaired) electrons. The highest BCUT2D eigenvalue weighted by Gasteiger charge is 2.52. The molecule has 0 spiro atoms. The Balaban J connectivity index is 1.89. The fourth-order valence-corrected chi connectivity index (χ4v) is 2.38. The molecule has 1 amide bonds. The number of hydrogen-bond acceptors (Lipinski definition) is 5. The van der Waals surface area contributed by atoms with Crippen LogP contribution in [0.3, 0.4) is 0 Å². The second kappa shape index (κ2) is 5.21. The number of aliphatic carboxylic acids is 1. The molecule has 2 rings (SSSR count). The van der Waals surface area contributed by atoms with Crippen molar-refractivity contribution in [1.82, 2.24) is 9.80 Å². The monoisotopic (exact) mass is 286 g/mol. The van der Waals surface area contributed by atoms with Gasteiger partial charge in [-0.1, -0.05) is 0 Å². The lowest BCUT2D eigenvalue weighted by Crippen LogP contribution is -2.70. The first-order valence-corrected chi connectivity index (χ1v) is 6.79. The second-order valence-electron chi connectivity index (χ2n) is 6.28. The Morgan fingerprint density at radius 2 is 1.70 bits per heavy atom.